The van der Waals surface area contributed by atoms with Crippen molar-refractivity contribution in [2.75, 3.05) is 39.9 Å². The number of ether oxygens (including phenoxy) is 1. The molecule has 1 saturated heterocycles. The number of nitrogens with one attached hydrogen (secondary N) is 1. The summed E-state index contributed by atoms with van der Waals surface area (Å²) in [6.07, 6.45) is 4.19. The first-order chi connectivity index (χ1) is 10.6. The maximum Gasteiger partial charge on any atom is 0.274 e. The van der Waals surface area contributed by atoms with Crippen LogP contribution in [0.4, 0.5) is 0 Å². The van der Waals surface area contributed by atoms with Gasteiger partial charge in [0.15, 0.2) is 0 Å². The summed E-state index contributed by atoms with van der Waals surface area (Å²) in [6.45, 7) is 8.09. The molecule has 1 atom stereocenters. The van der Waals surface area contributed by atoms with E-state index in [2.05, 4.69) is 24.3 Å². The van der Waals surface area contributed by atoms with E-state index >= 15 is 0 Å². The van der Waals surface area contributed by atoms with Crippen molar-refractivity contribution in [3.05, 3.63) is 18.0 Å². The average Bonchev–Trinajstić information content (AvgIpc) is 3.01. The highest BCUT2D eigenvalue weighted by atomic mass is 16.5. The molecule has 1 aromatic rings. The number of methoxy groups -OCH3 is 1. The van der Waals surface area contributed by atoms with E-state index in [1.807, 2.05) is 21.8 Å². The molecule has 0 bridgehead atoms. The van der Waals surface area contributed by atoms with E-state index in [9.17, 15) is 4.79 Å². The average molecular weight is 308 g/mol. The number of hydrogen-bond donors (Lipinski definition) is 1. The van der Waals surface area contributed by atoms with Crippen molar-refractivity contribution in [1.82, 2.24) is 20.0 Å². The third-order valence-electron chi connectivity index (χ3n) is 3.91. The van der Waals surface area contributed by atoms with Crippen LogP contribution in [-0.4, -0.2) is 60.5 Å². The third kappa shape index (κ3) is 4.55. The zero-order valence-electron chi connectivity index (χ0n) is 13.9. The van der Waals surface area contributed by atoms with Crippen LogP contribution in [0.3, 0.4) is 0 Å². The lowest BCUT2D eigenvalue weighted by atomic mass is 10.1. The topological polar surface area (TPSA) is 59.4 Å². The van der Waals surface area contributed by atoms with Crippen LogP contribution in [0, 0.1) is 5.92 Å². The summed E-state index contributed by atoms with van der Waals surface area (Å²) < 4.78 is 7.05. The van der Waals surface area contributed by atoms with Gasteiger partial charge in [-0.25, -0.2) is 0 Å². The molecule has 0 aromatic carbocycles. The van der Waals surface area contributed by atoms with Crippen LogP contribution in [0.25, 0.3) is 0 Å². The molecule has 6 nitrogen and oxygen atoms in total. The zero-order chi connectivity index (χ0) is 15.9. The van der Waals surface area contributed by atoms with Crippen molar-refractivity contribution in [2.24, 2.45) is 5.92 Å². The number of aromatic nitrogens is 2. The molecule has 2 rings (SSSR count). The van der Waals surface area contributed by atoms with Crippen molar-refractivity contribution in [3.63, 3.8) is 0 Å². The predicted molar refractivity (Wildman–Crippen MR) is 86.0 cm³/mol. The summed E-state index contributed by atoms with van der Waals surface area (Å²) in [5.74, 6) is 0.415. The van der Waals surface area contributed by atoms with Gasteiger partial charge in [0, 0.05) is 32.9 Å². The second kappa shape index (κ2) is 8.29. The second-order valence-corrected chi connectivity index (χ2v) is 6.32. The van der Waals surface area contributed by atoms with Gasteiger partial charge in [-0.3, -0.25) is 9.48 Å². The molecular formula is C16H28N4O2. The van der Waals surface area contributed by atoms with Gasteiger partial charge in [0.1, 0.15) is 5.69 Å². The Kier molecular flexibility index (Phi) is 6.39. The summed E-state index contributed by atoms with van der Waals surface area (Å²) >= 11 is 0. The number of piperidine rings is 1. The Hall–Kier alpha value is -1.40. The number of rotatable bonds is 7. The van der Waals surface area contributed by atoms with Crippen LogP contribution in [0.5, 0.6) is 0 Å². The van der Waals surface area contributed by atoms with Gasteiger partial charge in [-0.1, -0.05) is 13.8 Å². The van der Waals surface area contributed by atoms with Crippen molar-refractivity contribution < 1.29 is 9.53 Å². The predicted octanol–water partition coefficient (Wildman–Crippen LogP) is 1.55. The quantitative estimate of drug-likeness (QED) is 0.830. The summed E-state index contributed by atoms with van der Waals surface area (Å²) in [4.78, 5) is 14.5. The van der Waals surface area contributed by atoms with Crippen LogP contribution in [0.15, 0.2) is 12.3 Å². The van der Waals surface area contributed by atoms with Gasteiger partial charge in [0.25, 0.3) is 5.91 Å². The molecular weight excluding hydrogens is 280 g/mol. The van der Waals surface area contributed by atoms with Gasteiger partial charge in [-0.15, -0.1) is 0 Å². The molecule has 0 saturated carbocycles. The second-order valence-electron chi connectivity index (χ2n) is 6.32. The van der Waals surface area contributed by atoms with E-state index in [0.29, 0.717) is 30.8 Å². The molecule has 0 radical (unpaired) electrons. The fourth-order valence-corrected chi connectivity index (χ4v) is 2.79. The molecule has 1 amide bonds. The highest BCUT2D eigenvalue weighted by Gasteiger charge is 2.21. The Morgan fingerprint density at radius 2 is 2.41 bits per heavy atom. The number of amides is 1. The first-order valence-electron chi connectivity index (χ1n) is 8.16. The minimum absolute atomic E-state index is 0.00623. The molecule has 1 aliphatic heterocycles. The van der Waals surface area contributed by atoms with E-state index in [4.69, 9.17) is 4.74 Å². The van der Waals surface area contributed by atoms with E-state index < -0.39 is 0 Å². The van der Waals surface area contributed by atoms with Crippen molar-refractivity contribution >= 4 is 5.91 Å². The molecule has 6 heteroatoms. The Labute approximate surface area is 132 Å². The zero-order valence-corrected chi connectivity index (χ0v) is 13.9. The minimum Gasteiger partial charge on any atom is -0.383 e. The van der Waals surface area contributed by atoms with Crippen LogP contribution < -0.4 is 5.32 Å². The largest absolute Gasteiger partial charge is 0.383 e. The Balaban J connectivity index is 2.04. The highest BCUT2D eigenvalue weighted by molar-refractivity contribution is 5.92. The number of carbonyl (C=O) groups is 1. The molecule has 1 fully saturated rings. The van der Waals surface area contributed by atoms with Gasteiger partial charge < -0.3 is 15.0 Å². The molecule has 0 aliphatic carbocycles. The summed E-state index contributed by atoms with van der Waals surface area (Å²) in [5, 5.41) is 7.89. The summed E-state index contributed by atoms with van der Waals surface area (Å²) in [7, 11) is 1.66. The molecule has 0 spiro atoms. The van der Waals surface area contributed by atoms with Crippen molar-refractivity contribution in [3.8, 4) is 0 Å². The molecule has 22 heavy (non-hydrogen) atoms. The normalized spacial score (nSPS) is 18.6. The summed E-state index contributed by atoms with van der Waals surface area (Å²) in [5.41, 5.74) is 0.530. The molecule has 124 valence electrons. The minimum atomic E-state index is -0.00623. The number of carbonyl (C=O) groups excluding carboxylic acids is 1. The van der Waals surface area contributed by atoms with E-state index in [1.54, 1.807) is 7.11 Å². The van der Waals surface area contributed by atoms with Crippen molar-refractivity contribution in [2.45, 2.75) is 32.7 Å². The first kappa shape index (κ1) is 17.0. The first-order valence-corrected chi connectivity index (χ1v) is 8.16. The lowest BCUT2D eigenvalue weighted by Crippen LogP contribution is -2.37. The fraction of sp³-hybridized carbons (Fsp3) is 0.750. The number of hydrogen-bond acceptors (Lipinski definition) is 4. The SMILES string of the molecule is COCCN(CC(C)C)C(=O)c1ccn(C2CCCNC2)n1. The van der Waals surface area contributed by atoms with Gasteiger partial charge >= 0.3 is 0 Å². The maximum atomic E-state index is 12.7. The fourth-order valence-electron chi connectivity index (χ4n) is 2.79. The third-order valence-corrected chi connectivity index (χ3v) is 3.91. The Bertz CT molecular complexity index is 466. The highest BCUT2D eigenvalue weighted by Crippen LogP contribution is 2.16. The monoisotopic (exact) mass is 308 g/mol. The van der Waals surface area contributed by atoms with Gasteiger partial charge in [-0.2, -0.15) is 5.10 Å². The molecule has 2 heterocycles. The van der Waals surface area contributed by atoms with E-state index in [-0.39, 0.29) is 5.91 Å². The summed E-state index contributed by atoms with van der Waals surface area (Å²) in [6, 6.07) is 2.18. The van der Waals surface area contributed by atoms with Gasteiger partial charge in [0.05, 0.1) is 12.6 Å². The smallest absolute Gasteiger partial charge is 0.274 e. The molecule has 1 aromatic heterocycles. The van der Waals surface area contributed by atoms with Crippen LogP contribution >= 0.6 is 0 Å². The lowest BCUT2D eigenvalue weighted by Gasteiger charge is -2.24. The van der Waals surface area contributed by atoms with Crippen LogP contribution in [-0.2, 0) is 4.74 Å². The lowest BCUT2D eigenvalue weighted by molar-refractivity contribution is 0.0665. The Morgan fingerprint density at radius 3 is 3.05 bits per heavy atom. The van der Waals surface area contributed by atoms with E-state index in [1.165, 1.54) is 0 Å². The molecule has 1 aliphatic rings. The van der Waals surface area contributed by atoms with Crippen molar-refractivity contribution in [1.29, 1.82) is 0 Å². The van der Waals surface area contributed by atoms with Crippen LogP contribution in [0.1, 0.15) is 43.2 Å². The van der Waals surface area contributed by atoms with E-state index in [0.717, 1.165) is 32.5 Å². The number of nitrogens with zero attached hydrogens (tertiary/aromatic N) is 3. The van der Waals surface area contributed by atoms with Gasteiger partial charge in [-0.05, 0) is 31.4 Å². The molecule has 1 unspecified atom stereocenters. The van der Waals surface area contributed by atoms with Gasteiger partial charge in [0.2, 0.25) is 0 Å². The maximum absolute atomic E-state index is 12.7. The Morgan fingerprint density at radius 1 is 1.59 bits per heavy atom. The molecule has 1 N–H and O–H groups in total. The van der Waals surface area contributed by atoms with Crippen LogP contribution in [0.2, 0.25) is 0 Å². The standard InChI is InChI=1S/C16H28N4O2/c1-13(2)12-19(9-10-22-3)16(21)15-6-8-20(18-15)14-5-4-7-17-11-14/h6,8,13-14,17H,4-5,7,9-12H2,1-3H3.